The van der Waals surface area contributed by atoms with Crippen LogP contribution < -0.4 is 10.6 Å². The van der Waals surface area contributed by atoms with E-state index in [1.54, 1.807) is 12.4 Å². The van der Waals surface area contributed by atoms with E-state index < -0.39 is 0 Å². The van der Waals surface area contributed by atoms with Gasteiger partial charge in [-0.1, -0.05) is 0 Å². The first-order chi connectivity index (χ1) is 9.65. The molecule has 1 heterocycles. The summed E-state index contributed by atoms with van der Waals surface area (Å²) in [5.41, 5.74) is 2.77. The normalized spacial score (nSPS) is 10.3. The largest absolute Gasteiger partial charge is 0.325 e. The smallest absolute Gasteiger partial charge is 0.238 e. The molecule has 0 aliphatic heterocycles. The van der Waals surface area contributed by atoms with E-state index in [1.165, 1.54) is 24.3 Å². The predicted octanol–water partition coefficient (Wildman–Crippen LogP) is 2.26. The fourth-order valence-electron chi connectivity index (χ4n) is 1.75. The first-order valence-electron chi connectivity index (χ1n) is 6.31. The molecule has 0 bridgehead atoms. The van der Waals surface area contributed by atoms with E-state index >= 15 is 0 Å². The van der Waals surface area contributed by atoms with Crippen molar-refractivity contribution in [3.63, 3.8) is 0 Å². The quantitative estimate of drug-likeness (QED) is 0.878. The molecule has 0 saturated carbocycles. The van der Waals surface area contributed by atoms with Crippen molar-refractivity contribution in [2.24, 2.45) is 0 Å². The van der Waals surface area contributed by atoms with E-state index in [9.17, 15) is 9.18 Å². The maximum absolute atomic E-state index is 12.7. The minimum Gasteiger partial charge on any atom is -0.325 e. The van der Waals surface area contributed by atoms with Crippen LogP contribution in [0.4, 0.5) is 10.1 Å². The molecule has 0 fully saturated rings. The summed E-state index contributed by atoms with van der Waals surface area (Å²) in [6.07, 6.45) is 3.51. The Hall–Kier alpha value is -2.27. The van der Waals surface area contributed by atoms with Gasteiger partial charge >= 0.3 is 0 Å². The number of pyridine rings is 1. The number of halogens is 1. The van der Waals surface area contributed by atoms with E-state index in [0.717, 1.165) is 11.1 Å². The molecular formula is C15H16FN3O. The number of aryl methyl sites for hydroxylation is 1. The Kier molecular flexibility index (Phi) is 4.79. The van der Waals surface area contributed by atoms with Crippen molar-refractivity contribution in [3.8, 4) is 0 Å². The van der Waals surface area contributed by atoms with Crippen molar-refractivity contribution in [3.05, 3.63) is 59.7 Å². The van der Waals surface area contributed by atoms with Gasteiger partial charge in [-0.05, 0) is 48.4 Å². The van der Waals surface area contributed by atoms with Crippen LogP contribution in [0.15, 0.2) is 42.7 Å². The molecule has 0 spiro atoms. The molecule has 20 heavy (non-hydrogen) atoms. The third-order valence-corrected chi connectivity index (χ3v) is 2.87. The number of nitrogens with one attached hydrogen (secondary N) is 2. The summed E-state index contributed by atoms with van der Waals surface area (Å²) in [7, 11) is 0. The highest BCUT2D eigenvalue weighted by atomic mass is 19.1. The second kappa shape index (κ2) is 6.77. The molecule has 5 heteroatoms. The monoisotopic (exact) mass is 273 g/mol. The van der Waals surface area contributed by atoms with Crippen LogP contribution in [0.25, 0.3) is 0 Å². The number of hydrogen-bond donors (Lipinski definition) is 2. The van der Waals surface area contributed by atoms with Gasteiger partial charge in [-0.15, -0.1) is 0 Å². The Morgan fingerprint density at radius 1 is 1.25 bits per heavy atom. The molecule has 0 aliphatic carbocycles. The molecule has 0 aliphatic rings. The van der Waals surface area contributed by atoms with Crippen molar-refractivity contribution >= 4 is 11.6 Å². The van der Waals surface area contributed by atoms with Crippen LogP contribution in [0.5, 0.6) is 0 Å². The second-order valence-electron chi connectivity index (χ2n) is 4.46. The van der Waals surface area contributed by atoms with Gasteiger partial charge in [-0.25, -0.2) is 4.39 Å². The molecule has 1 aromatic carbocycles. The van der Waals surface area contributed by atoms with E-state index in [4.69, 9.17) is 0 Å². The van der Waals surface area contributed by atoms with Gasteiger partial charge in [0, 0.05) is 24.6 Å². The molecule has 0 unspecified atom stereocenters. The van der Waals surface area contributed by atoms with Crippen molar-refractivity contribution in [2.45, 2.75) is 13.5 Å². The number of nitrogens with zero attached hydrogens (tertiary/aromatic N) is 1. The number of benzene rings is 1. The summed E-state index contributed by atoms with van der Waals surface area (Å²) in [6, 6.07) is 7.59. The summed E-state index contributed by atoms with van der Waals surface area (Å²) < 4.78 is 12.7. The summed E-state index contributed by atoms with van der Waals surface area (Å²) in [4.78, 5) is 15.7. The molecular weight excluding hydrogens is 257 g/mol. The summed E-state index contributed by atoms with van der Waals surface area (Å²) in [5.74, 6) is -0.488. The van der Waals surface area contributed by atoms with Crippen molar-refractivity contribution in [1.82, 2.24) is 10.3 Å². The predicted molar refractivity (Wildman–Crippen MR) is 75.7 cm³/mol. The molecule has 2 rings (SSSR count). The molecule has 1 amide bonds. The molecule has 2 N–H and O–H groups in total. The Morgan fingerprint density at radius 3 is 2.70 bits per heavy atom. The maximum Gasteiger partial charge on any atom is 0.238 e. The Bertz CT molecular complexity index is 584. The van der Waals surface area contributed by atoms with Crippen LogP contribution in [0.2, 0.25) is 0 Å². The van der Waals surface area contributed by atoms with E-state index in [0.29, 0.717) is 12.2 Å². The number of hydrogen-bond acceptors (Lipinski definition) is 3. The standard InChI is InChI=1S/C15H16FN3O/c1-11-8-17-7-6-12(11)9-18-10-15(20)19-14-4-2-13(16)3-5-14/h2-8,18H,9-10H2,1H3,(H,19,20). The Balaban J connectivity index is 1.78. The van der Waals surface area contributed by atoms with Gasteiger partial charge in [0.15, 0.2) is 0 Å². The number of rotatable bonds is 5. The number of aromatic nitrogens is 1. The Morgan fingerprint density at radius 2 is 2.00 bits per heavy atom. The lowest BCUT2D eigenvalue weighted by Gasteiger charge is -2.08. The molecule has 1 aromatic heterocycles. The lowest BCUT2D eigenvalue weighted by Crippen LogP contribution is -2.27. The molecule has 0 radical (unpaired) electrons. The zero-order valence-electron chi connectivity index (χ0n) is 11.2. The lowest BCUT2D eigenvalue weighted by molar-refractivity contribution is -0.115. The van der Waals surface area contributed by atoms with Crippen LogP contribution in [0.3, 0.4) is 0 Å². The topological polar surface area (TPSA) is 54.0 Å². The van der Waals surface area contributed by atoms with Gasteiger partial charge in [0.1, 0.15) is 5.82 Å². The summed E-state index contributed by atoms with van der Waals surface area (Å²) in [6.45, 7) is 2.77. The van der Waals surface area contributed by atoms with Gasteiger partial charge in [-0.3, -0.25) is 9.78 Å². The van der Waals surface area contributed by atoms with Crippen LogP contribution in [0, 0.1) is 12.7 Å². The molecule has 0 saturated heterocycles. The average molecular weight is 273 g/mol. The van der Waals surface area contributed by atoms with Crippen LogP contribution in [-0.2, 0) is 11.3 Å². The third kappa shape index (κ3) is 4.13. The number of amides is 1. The molecule has 104 valence electrons. The fraction of sp³-hybridized carbons (Fsp3) is 0.200. The van der Waals surface area contributed by atoms with Crippen molar-refractivity contribution in [1.29, 1.82) is 0 Å². The van der Waals surface area contributed by atoms with Gasteiger partial charge in [0.25, 0.3) is 0 Å². The maximum atomic E-state index is 12.7. The summed E-state index contributed by atoms with van der Waals surface area (Å²) >= 11 is 0. The first-order valence-corrected chi connectivity index (χ1v) is 6.31. The Labute approximate surface area is 117 Å². The highest BCUT2D eigenvalue weighted by Gasteiger charge is 2.03. The molecule has 0 atom stereocenters. The van der Waals surface area contributed by atoms with Gasteiger partial charge < -0.3 is 10.6 Å². The van der Waals surface area contributed by atoms with Gasteiger partial charge in [0.05, 0.1) is 6.54 Å². The van der Waals surface area contributed by atoms with E-state index in [-0.39, 0.29) is 18.3 Å². The van der Waals surface area contributed by atoms with Gasteiger partial charge in [0.2, 0.25) is 5.91 Å². The second-order valence-corrected chi connectivity index (χ2v) is 4.46. The van der Waals surface area contributed by atoms with Crippen molar-refractivity contribution in [2.75, 3.05) is 11.9 Å². The SMILES string of the molecule is Cc1cnccc1CNCC(=O)Nc1ccc(F)cc1. The third-order valence-electron chi connectivity index (χ3n) is 2.87. The minimum atomic E-state index is -0.325. The zero-order chi connectivity index (χ0) is 14.4. The van der Waals surface area contributed by atoms with Crippen molar-refractivity contribution < 1.29 is 9.18 Å². The van der Waals surface area contributed by atoms with Crippen LogP contribution >= 0.6 is 0 Å². The number of carbonyl (C=O) groups is 1. The first kappa shape index (κ1) is 14.1. The fourth-order valence-corrected chi connectivity index (χ4v) is 1.75. The minimum absolute atomic E-state index is 0.164. The highest BCUT2D eigenvalue weighted by molar-refractivity contribution is 5.92. The number of carbonyl (C=O) groups excluding carboxylic acids is 1. The van der Waals surface area contributed by atoms with E-state index in [2.05, 4.69) is 15.6 Å². The van der Waals surface area contributed by atoms with Gasteiger partial charge in [-0.2, -0.15) is 0 Å². The van der Waals surface area contributed by atoms with E-state index in [1.807, 2.05) is 13.0 Å². The number of anilines is 1. The molecule has 2 aromatic rings. The highest BCUT2D eigenvalue weighted by Crippen LogP contribution is 2.08. The van der Waals surface area contributed by atoms with Crippen LogP contribution in [-0.4, -0.2) is 17.4 Å². The summed E-state index contributed by atoms with van der Waals surface area (Å²) in [5, 5.41) is 5.75. The average Bonchev–Trinajstić information content (AvgIpc) is 2.43. The van der Waals surface area contributed by atoms with Crippen LogP contribution in [0.1, 0.15) is 11.1 Å². The lowest BCUT2D eigenvalue weighted by atomic mass is 10.1. The molecule has 4 nitrogen and oxygen atoms in total. The zero-order valence-corrected chi connectivity index (χ0v) is 11.2.